The van der Waals surface area contributed by atoms with Crippen molar-refractivity contribution in [2.75, 3.05) is 0 Å². The first-order valence-corrected chi connectivity index (χ1v) is 2.35. The lowest BCUT2D eigenvalue weighted by Crippen LogP contribution is -1.66. The molecule has 51 valence electrons. The molecule has 5 nitrogen and oxygen atoms in total. The molecular weight excluding hydrogens is 139 g/mol. The largest absolute Gasteiger partial charge is 0.466 e. The van der Waals surface area contributed by atoms with Crippen molar-refractivity contribution in [2.24, 2.45) is 0 Å². The van der Waals surface area contributed by atoms with Gasteiger partial charge in [-0.05, 0) is 0 Å². The molecule has 0 aliphatic carbocycles. The summed E-state index contributed by atoms with van der Waals surface area (Å²) in [6.07, 6.45) is 0. The van der Waals surface area contributed by atoms with E-state index in [1.165, 1.54) is 0 Å². The Bertz CT molecular complexity index is 62.2. The Morgan fingerprint density at radius 3 is 1.12 bits per heavy atom. The van der Waals surface area contributed by atoms with Crippen LogP contribution in [-0.2, 0) is 4.57 Å². The van der Waals surface area contributed by atoms with Gasteiger partial charge in [0.05, 0.1) is 0 Å². The second kappa shape index (κ2) is 7.06. The van der Waals surface area contributed by atoms with E-state index in [0.717, 1.165) is 0 Å². The second-order valence-corrected chi connectivity index (χ2v) is 1.54. The normalized spacial score (nSPS) is 7.38. The van der Waals surface area contributed by atoms with Gasteiger partial charge in [-0.3, -0.25) is 4.70 Å². The lowest BCUT2D eigenvalue weighted by atomic mass is 10.8. The molecule has 6 N–H and O–H groups in total. The maximum absolute atomic E-state index is 8.88. The van der Waals surface area contributed by atoms with Crippen LogP contribution in [0, 0.1) is 0 Å². The minimum atomic E-state index is -4.64. The number of rotatable bonds is 0. The maximum Gasteiger partial charge on any atom is 0.466 e. The third kappa shape index (κ3) is 36900. The fraction of sp³-hybridized carbons (Fsp3) is 0. The number of hydrogen-bond donors (Lipinski definition) is 4. The van der Waals surface area contributed by atoms with Gasteiger partial charge in [-0.1, -0.05) is 0 Å². The Balaban J connectivity index is -0.0000000267. The van der Waals surface area contributed by atoms with E-state index in [-0.39, 0.29) is 19.3 Å². The van der Waals surface area contributed by atoms with Crippen LogP contribution in [0.1, 0.15) is 0 Å². The van der Waals surface area contributed by atoms with Crippen molar-refractivity contribution in [3.05, 3.63) is 0 Å². The van der Waals surface area contributed by atoms with Gasteiger partial charge in [0, 0.05) is 8.41 Å². The first-order chi connectivity index (χ1) is 2.00. The zero-order valence-corrected chi connectivity index (χ0v) is 4.78. The first kappa shape index (κ1) is 24.4. The molecule has 0 amide bonds. The fourth-order valence-electron chi connectivity index (χ4n) is 0. The third-order valence-corrected chi connectivity index (χ3v) is 0. The topological polar surface area (TPSA) is 113 Å². The highest BCUT2D eigenvalue weighted by molar-refractivity contribution is 7.45. The predicted molar refractivity (Wildman–Crippen MR) is 27.5 cm³/mol. The summed E-state index contributed by atoms with van der Waals surface area (Å²) in [6, 6.07) is 0. The Labute approximate surface area is 47.5 Å². The molecule has 0 saturated carbocycles. The molecule has 0 spiro atoms. The lowest BCUT2D eigenvalue weighted by molar-refractivity contribution is 0.275. The number of phosphoric acid groups is 1. The van der Waals surface area contributed by atoms with Gasteiger partial charge in [0.25, 0.3) is 0 Å². The van der Waals surface area contributed by atoms with Crippen molar-refractivity contribution in [3.63, 3.8) is 0 Å². The smallest absolute Gasteiger partial charge is 0.344 e. The van der Waals surface area contributed by atoms with Crippen molar-refractivity contribution >= 4 is 16.2 Å². The molecule has 0 heterocycles. The van der Waals surface area contributed by atoms with Gasteiger partial charge in [0.15, 0.2) is 0 Å². The average molecular weight is 146 g/mol. The zero-order valence-electron chi connectivity index (χ0n) is 3.89. The Morgan fingerprint density at radius 2 is 1.12 bits per heavy atom. The first-order valence-electron chi connectivity index (χ1n) is 0.783. The van der Waals surface area contributed by atoms with Gasteiger partial charge < -0.3 is 20.8 Å². The van der Waals surface area contributed by atoms with E-state index in [1.54, 1.807) is 0 Å². The summed E-state index contributed by atoms with van der Waals surface area (Å²) in [5.74, 6) is 0. The van der Waals surface area contributed by atoms with Gasteiger partial charge in [-0.15, -0.1) is 0 Å². The molecule has 0 bridgehead atoms. The summed E-state index contributed by atoms with van der Waals surface area (Å²) in [5, 5.41) is 0. The molecular formula is H7BFNO4P. The molecule has 8 heavy (non-hydrogen) atoms. The molecule has 0 aromatic carbocycles. The maximum atomic E-state index is 8.88. The van der Waals surface area contributed by atoms with E-state index in [1.807, 2.05) is 0 Å². The van der Waals surface area contributed by atoms with Crippen LogP contribution in [0.5, 0.6) is 0 Å². The lowest BCUT2D eigenvalue weighted by Gasteiger charge is -1.82. The van der Waals surface area contributed by atoms with E-state index in [0.29, 0.717) is 0 Å². The van der Waals surface area contributed by atoms with Crippen LogP contribution < -0.4 is 6.15 Å². The molecule has 0 aliphatic rings. The van der Waals surface area contributed by atoms with Crippen LogP contribution in [0.25, 0.3) is 0 Å². The highest BCUT2D eigenvalue weighted by Gasteiger charge is 2.00. The Morgan fingerprint density at radius 1 is 1.12 bits per heavy atom. The molecule has 0 fully saturated rings. The Kier molecular flexibility index (Phi) is 21.5. The molecule has 0 saturated heterocycles. The number of halogens is 1. The molecule has 0 unspecified atom stereocenters. The second-order valence-electron chi connectivity index (χ2n) is 0.513. The zero-order chi connectivity index (χ0) is 4.50. The van der Waals surface area contributed by atoms with E-state index in [9.17, 15) is 0 Å². The van der Waals surface area contributed by atoms with Crippen molar-refractivity contribution in [1.82, 2.24) is 6.15 Å². The highest BCUT2D eigenvalue weighted by Crippen LogP contribution is 2.25. The average Bonchev–Trinajstić information content (AvgIpc) is 0.722. The molecule has 8 heteroatoms. The van der Waals surface area contributed by atoms with Gasteiger partial charge in [-0.25, -0.2) is 4.57 Å². The van der Waals surface area contributed by atoms with Gasteiger partial charge in [0.2, 0.25) is 0 Å². The van der Waals surface area contributed by atoms with Crippen LogP contribution >= 0.6 is 7.82 Å². The molecule has 0 aliphatic heterocycles. The molecule has 0 aromatic heterocycles. The van der Waals surface area contributed by atoms with Crippen LogP contribution in [0.3, 0.4) is 0 Å². The van der Waals surface area contributed by atoms with Crippen molar-refractivity contribution < 1.29 is 23.9 Å². The highest BCUT2D eigenvalue weighted by atomic mass is 31.2. The van der Waals surface area contributed by atoms with Gasteiger partial charge in [-0.2, -0.15) is 0 Å². The van der Waals surface area contributed by atoms with E-state index >= 15 is 0 Å². The summed E-state index contributed by atoms with van der Waals surface area (Å²) in [6.45, 7) is 0. The van der Waals surface area contributed by atoms with Crippen molar-refractivity contribution in [1.29, 1.82) is 0 Å². The van der Waals surface area contributed by atoms with Crippen LogP contribution in [0.4, 0.5) is 4.70 Å². The van der Waals surface area contributed by atoms with E-state index in [4.69, 9.17) is 19.2 Å². The summed E-state index contributed by atoms with van der Waals surface area (Å²) in [5.41, 5.74) is 0. The summed E-state index contributed by atoms with van der Waals surface area (Å²) in [4.78, 5) is 21.6. The number of hydrogen-bond acceptors (Lipinski definition) is 2. The van der Waals surface area contributed by atoms with Gasteiger partial charge >= 0.3 is 7.82 Å². The SMILES string of the molecule is F.N.O=P(O)(O)O.[B]. The Hall–Kier alpha value is 0.0649. The molecule has 0 rings (SSSR count). The van der Waals surface area contributed by atoms with Crippen molar-refractivity contribution in [3.8, 4) is 0 Å². The molecule has 0 aromatic rings. The third-order valence-electron chi connectivity index (χ3n) is 0. The molecule has 0 atom stereocenters. The minimum Gasteiger partial charge on any atom is -0.344 e. The standard InChI is InChI=1S/B.FH.H3N.H3O4P/c;;;1-5(2,3)4/h;1H;1H3;(H3,1,2,3,4). The van der Waals surface area contributed by atoms with Crippen LogP contribution in [0.2, 0.25) is 0 Å². The van der Waals surface area contributed by atoms with Crippen molar-refractivity contribution in [2.45, 2.75) is 0 Å². The predicted octanol–water partition coefficient (Wildman–Crippen LogP) is -0.995. The summed E-state index contributed by atoms with van der Waals surface area (Å²) in [7, 11) is -4.64. The summed E-state index contributed by atoms with van der Waals surface area (Å²) < 4.78 is 8.88. The fourth-order valence-corrected chi connectivity index (χ4v) is 0. The quantitative estimate of drug-likeness (QED) is 0.258. The van der Waals surface area contributed by atoms with E-state index in [2.05, 4.69) is 0 Å². The van der Waals surface area contributed by atoms with Gasteiger partial charge in [0.1, 0.15) is 0 Å². The minimum absolute atomic E-state index is 0. The van der Waals surface area contributed by atoms with E-state index < -0.39 is 7.82 Å². The van der Waals surface area contributed by atoms with Crippen LogP contribution in [-0.4, -0.2) is 23.1 Å². The van der Waals surface area contributed by atoms with Crippen LogP contribution in [0.15, 0.2) is 0 Å². The molecule has 3 radical (unpaired) electrons. The summed E-state index contributed by atoms with van der Waals surface area (Å²) >= 11 is 0. The monoisotopic (exact) mass is 146 g/mol.